The summed E-state index contributed by atoms with van der Waals surface area (Å²) >= 11 is 0. The summed E-state index contributed by atoms with van der Waals surface area (Å²) in [5.74, 6) is 11.2. The molecule has 0 aliphatic rings. The van der Waals surface area contributed by atoms with Crippen LogP contribution < -0.4 is 0 Å². The van der Waals surface area contributed by atoms with Crippen molar-refractivity contribution in [2.75, 3.05) is 0 Å². The number of benzene rings is 3. The highest BCUT2D eigenvalue weighted by molar-refractivity contribution is 5.49. The van der Waals surface area contributed by atoms with Crippen LogP contribution >= 0.6 is 0 Å². The van der Waals surface area contributed by atoms with Gasteiger partial charge in [-0.2, -0.15) is 0 Å². The van der Waals surface area contributed by atoms with E-state index < -0.39 is 5.82 Å². The molecule has 0 atom stereocenters. The third kappa shape index (κ3) is 7.90. The van der Waals surface area contributed by atoms with Crippen LogP contribution in [-0.2, 0) is 12.8 Å². The molecule has 0 N–H and O–H groups in total. The van der Waals surface area contributed by atoms with Crippen LogP contribution in [0.25, 0.3) is 0 Å². The predicted octanol–water partition coefficient (Wildman–Crippen LogP) is 8.23. The van der Waals surface area contributed by atoms with Crippen molar-refractivity contribution < 1.29 is 8.78 Å². The van der Waals surface area contributed by atoms with Crippen molar-refractivity contribution in [1.82, 2.24) is 0 Å². The maximum absolute atomic E-state index is 14.6. The molecule has 3 aromatic carbocycles. The molecule has 3 rings (SSSR count). The lowest BCUT2D eigenvalue weighted by atomic mass is 10.0. The van der Waals surface area contributed by atoms with Gasteiger partial charge < -0.3 is 0 Å². The molecule has 0 heterocycles. The average molecular weight is 455 g/mol. The van der Waals surface area contributed by atoms with E-state index >= 15 is 0 Å². The molecule has 0 radical (unpaired) electrons. The van der Waals surface area contributed by atoms with Gasteiger partial charge in [0.1, 0.15) is 11.6 Å². The number of unbranched alkanes of at least 4 members (excludes halogenated alkanes) is 4. The Hall–Kier alpha value is -3.36. The minimum atomic E-state index is -0.409. The highest BCUT2D eigenvalue weighted by Crippen LogP contribution is 2.14. The Labute approximate surface area is 203 Å². The van der Waals surface area contributed by atoms with Crippen LogP contribution in [0.4, 0.5) is 8.78 Å². The highest BCUT2D eigenvalue weighted by Gasteiger charge is 2.03. The summed E-state index contributed by atoms with van der Waals surface area (Å²) in [5.41, 5.74) is 4.33. The number of aryl methyl sites for hydroxylation is 2. The summed E-state index contributed by atoms with van der Waals surface area (Å²) < 4.78 is 28.8. The van der Waals surface area contributed by atoms with Crippen molar-refractivity contribution in [3.05, 3.63) is 106 Å². The van der Waals surface area contributed by atoms with Gasteiger partial charge in [0, 0.05) is 16.7 Å². The lowest BCUT2D eigenvalue weighted by Gasteiger charge is -2.02. The van der Waals surface area contributed by atoms with Crippen LogP contribution in [0.5, 0.6) is 0 Å². The fourth-order valence-electron chi connectivity index (χ4n) is 3.68. The molecule has 0 saturated heterocycles. The molecule has 0 spiro atoms. The maximum Gasteiger partial charge on any atom is 0.140 e. The molecular formula is C32H32F2. The fraction of sp³-hybridized carbons (Fsp3) is 0.312. The summed E-state index contributed by atoms with van der Waals surface area (Å²) in [6.07, 6.45) is 8.79. The van der Waals surface area contributed by atoms with E-state index in [9.17, 15) is 8.78 Å². The highest BCUT2D eigenvalue weighted by atomic mass is 19.1. The zero-order valence-corrected chi connectivity index (χ0v) is 20.2. The minimum Gasteiger partial charge on any atom is -0.207 e. The third-order valence-electron chi connectivity index (χ3n) is 5.79. The van der Waals surface area contributed by atoms with Gasteiger partial charge in [-0.1, -0.05) is 81.4 Å². The predicted molar refractivity (Wildman–Crippen MR) is 138 cm³/mol. The van der Waals surface area contributed by atoms with Gasteiger partial charge in [-0.25, -0.2) is 8.78 Å². The zero-order chi connectivity index (χ0) is 24.2. The van der Waals surface area contributed by atoms with E-state index in [1.54, 1.807) is 18.2 Å². The van der Waals surface area contributed by atoms with Crippen molar-refractivity contribution >= 4 is 0 Å². The normalized spacial score (nSPS) is 10.2. The Morgan fingerprint density at radius 1 is 0.559 bits per heavy atom. The monoisotopic (exact) mass is 454 g/mol. The Bertz CT molecular complexity index is 1200. The Morgan fingerprint density at radius 2 is 1.18 bits per heavy atom. The molecule has 0 unspecified atom stereocenters. The van der Waals surface area contributed by atoms with E-state index in [1.165, 1.54) is 43.4 Å². The van der Waals surface area contributed by atoms with E-state index in [-0.39, 0.29) is 5.82 Å². The van der Waals surface area contributed by atoms with Crippen LogP contribution in [0.1, 0.15) is 85.8 Å². The molecule has 0 aliphatic heterocycles. The van der Waals surface area contributed by atoms with E-state index in [0.717, 1.165) is 31.2 Å². The third-order valence-corrected chi connectivity index (χ3v) is 5.79. The van der Waals surface area contributed by atoms with Gasteiger partial charge in [0.2, 0.25) is 0 Å². The molecule has 0 fully saturated rings. The standard InChI is InChI=1S/C32H32F2/c1-3-5-7-8-9-25-11-13-26(14-12-25)17-20-30-22-19-28(24-32(30)34)16-15-27-18-21-29(10-6-4-2)31(33)23-27/h11-14,18-19,21-24H,3-10H2,1-2H3. The fourth-order valence-corrected chi connectivity index (χ4v) is 3.68. The maximum atomic E-state index is 14.6. The molecule has 0 nitrogen and oxygen atoms in total. The summed E-state index contributed by atoms with van der Waals surface area (Å²) in [6, 6.07) is 18.0. The van der Waals surface area contributed by atoms with Crippen LogP contribution in [0.3, 0.4) is 0 Å². The van der Waals surface area contributed by atoms with E-state index in [0.29, 0.717) is 22.3 Å². The second-order valence-electron chi connectivity index (χ2n) is 8.61. The number of hydrogen-bond donors (Lipinski definition) is 0. The topological polar surface area (TPSA) is 0 Å². The van der Waals surface area contributed by atoms with Crippen molar-refractivity contribution in [2.24, 2.45) is 0 Å². The van der Waals surface area contributed by atoms with Gasteiger partial charge in [-0.3, -0.25) is 0 Å². The van der Waals surface area contributed by atoms with Crippen LogP contribution in [0.15, 0.2) is 60.7 Å². The van der Waals surface area contributed by atoms with Gasteiger partial charge in [0.15, 0.2) is 0 Å². The summed E-state index contributed by atoms with van der Waals surface area (Å²) in [6.45, 7) is 4.30. The number of hydrogen-bond acceptors (Lipinski definition) is 0. The largest absolute Gasteiger partial charge is 0.207 e. The Balaban J connectivity index is 1.63. The zero-order valence-electron chi connectivity index (χ0n) is 20.2. The average Bonchev–Trinajstić information content (AvgIpc) is 2.85. The van der Waals surface area contributed by atoms with Crippen molar-refractivity contribution in [1.29, 1.82) is 0 Å². The molecule has 174 valence electrons. The lowest BCUT2D eigenvalue weighted by Crippen LogP contribution is -1.91. The van der Waals surface area contributed by atoms with E-state index in [4.69, 9.17) is 0 Å². The molecule has 2 heteroatoms. The number of halogens is 2. The lowest BCUT2D eigenvalue weighted by molar-refractivity contribution is 0.603. The van der Waals surface area contributed by atoms with Gasteiger partial charge in [-0.05, 0) is 79.3 Å². The first kappa shape index (κ1) is 25.3. The first-order chi connectivity index (χ1) is 16.6. The van der Waals surface area contributed by atoms with Crippen molar-refractivity contribution in [3.63, 3.8) is 0 Å². The van der Waals surface area contributed by atoms with Crippen molar-refractivity contribution in [3.8, 4) is 23.7 Å². The first-order valence-electron chi connectivity index (χ1n) is 12.3. The van der Waals surface area contributed by atoms with Crippen molar-refractivity contribution in [2.45, 2.75) is 65.2 Å². The molecule has 0 aromatic heterocycles. The SMILES string of the molecule is CCCCCCc1ccc(C#Cc2ccc(C#Cc3ccc(CCCC)c(F)c3)cc2F)cc1. The molecule has 0 bridgehead atoms. The van der Waals surface area contributed by atoms with Crippen LogP contribution in [0.2, 0.25) is 0 Å². The summed E-state index contributed by atoms with van der Waals surface area (Å²) in [5, 5.41) is 0. The summed E-state index contributed by atoms with van der Waals surface area (Å²) in [7, 11) is 0. The first-order valence-corrected chi connectivity index (χ1v) is 12.3. The van der Waals surface area contributed by atoms with Gasteiger partial charge in [0.25, 0.3) is 0 Å². The molecule has 34 heavy (non-hydrogen) atoms. The Morgan fingerprint density at radius 3 is 1.82 bits per heavy atom. The quantitative estimate of drug-likeness (QED) is 0.237. The summed E-state index contributed by atoms with van der Waals surface area (Å²) in [4.78, 5) is 0. The molecule has 0 amide bonds. The molecule has 0 aliphatic carbocycles. The minimum absolute atomic E-state index is 0.235. The van der Waals surface area contributed by atoms with Gasteiger partial charge in [-0.15, -0.1) is 0 Å². The second kappa shape index (κ2) is 13.4. The van der Waals surface area contributed by atoms with E-state index in [2.05, 4.69) is 49.7 Å². The molecule has 0 saturated carbocycles. The smallest absolute Gasteiger partial charge is 0.140 e. The van der Waals surface area contributed by atoms with Crippen LogP contribution in [0, 0.1) is 35.3 Å². The van der Waals surface area contributed by atoms with Gasteiger partial charge >= 0.3 is 0 Å². The van der Waals surface area contributed by atoms with Gasteiger partial charge in [0.05, 0.1) is 5.56 Å². The van der Waals surface area contributed by atoms with Crippen LogP contribution in [-0.4, -0.2) is 0 Å². The molecular weight excluding hydrogens is 422 g/mol. The Kier molecular flexibility index (Phi) is 9.94. The second-order valence-corrected chi connectivity index (χ2v) is 8.61. The number of rotatable bonds is 8. The van der Waals surface area contributed by atoms with E-state index in [1.807, 2.05) is 18.2 Å². The molecule has 3 aromatic rings.